The number of amides is 1. The summed E-state index contributed by atoms with van der Waals surface area (Å²) in [5.74, 6) is -1.47. The highest BCUT2D eigenvalue weighted by atomic mass is 16.7. The second-order valence-electron chi connectivity index (χ2n) is 6.69. The van der Waals surface area contributed by atoms with Gasteiger partial charge in [0.1, 0.15) is 0 Å². The second-order valence-corrected chi connectivity index (χ2v) is 6.69. The molecular weight excluding hydrogens is 314 g/mol. The van der Waals surface area contributed by atoms with E-state index in [2.05, 4.69) is 5.32 Å². The molecule has 7 heteroatoms. The van der Waals surface area contributed by atoms with Crippen molar-refractivity contribution in [3.05, 3.63) is 0 Å². The highest BCUT2D eigenvalue weighted by Gasteiger charge is 2.21. The number of carboxylic acid groups (broad SMARTS) is 1. The van der Waals surface area contributed by atoms with Crippen LogP contribution in [-0.2, 0) is 19.1 Å². The number of carbonyl (C=O) groups is 3. The molecule has 24 heavy (non-hydrogen) atoms. The quantitative estimate of drug-likeness (QED) is 0.440. The van der Waals surface area contributed by atoms with Gasteiger partial charge < -0.3 is 19.9 Å². The fraction of sp³-hybridized carbons (Fsp3) is 0.824. The number of esters is 1. The van der Waals surface area contributed by atoms with Crippen molar-refractivity contribution in [1.29, 1.82) is 0 Å². The minimum Gasteiger partial charge on any atom is -0.481 e. The van der Waals surface area contributed by atoms with Crippen LogP contribution in [0.15, 0.2) is 0 Å². The van der Waals surface area contributed by atoms with Gasteiger partial charge in [0.25, 0.3) is 0 Å². The first-order valence-electron chi connectivity index (χ1n) is 8.52. The topological polar surface area (TPSA) is 102 Å². The van der Waals surface area contributed by atoms with Gasteiger partial charge in [-0.2, -0.15) is 0 Å². The molecule has 0 saturated carbocycles. The lowest BCUT2D eigenvalue weighted by Gasteiger charge is -2.21. The fourth-order valence-corrected chi connectivity index (χ4v) is 2.18. The smallest absolute Gasteiger partial charge is 0.410 e. The van der Waals surface area contributed by atoms with Crippen LogP contribution in [0.5, 0.6) is 0 Å². The number of hydrogen-bond acceptors (Lipinski definition) is 5. The van der Waals surface area contributed by atoms with Crippen molar-refractivity contribution in [2.75, 3.05) is 6.54 Å². The lowest BCUT2D eigenvalue weighted by atomic mass is 9.94. The Morgan fingerprint density at radius 3 is 2.17 bits per heavy atom. The van der Waals surface area contributed by atoms with Crippen molar-refractivity contribution < 1.29 is 29.0 Å². The Bertz CT molecular complexity index is 408. The first-order valence-corrected chi connectivity index (χ1v) is 8.52. The minimum absolute atomic E-state index is 0.0147. The molecular formula is C17H31NO6. The van der Waals surface area contributed by atoms with Gasteiger partial charge in [0.05, 0.1) is 5.92 Å². The number of carbonyl (C=O) groups excluding carboxylic acids is 2. The monoisotopic (exact) mass is 345 g/mol. The molecule has 0 aliphatic heterocycles. The van der Waals surface area contributed by atoms with Crippen molar-refractivity contribution in [3.8, 4) is 0 Å². The molecule has 0 saturated heterocycles. The van der Waals surface area contributed by atoms with Gasteiger partial charge in [-0.3, -0.25) is 9.59 Å². The second kappa shape index (κ2) is 11.7. The van der Waals surface area contributed by atoms with Crippen molar-refractivity contribution in [3.63, 3.8) is 0 Å². The van der Waals surface area contributed by atoms with E-state index in [1.807, 2.05) is 20.8 Å². The Balaban J connectivity index is 4.48. The molecule has 2 atom stereocenters. The summed E-state index contributed by atoms with van der Waals surface area (Å²) < 4.78 is 10.3. The summed E-state index contributed by atoms with van der Waals surface area (Å²) in [4.78, 5) is 34.4. The SMILES string of the molecule is CCCC(OC(=O)NC[C@H](CC(=O)O)CC(C)C)OC(=O)C(C)C. The van der Waals surface area contributed by atoms with Crippen LogP contribution >= 0.6 is 0 Å². The summed E-state index contributed by atoms with van der Waals surface area (Å²) in [6, 6.07) is 0. The predicted molar refractivity (Wildman–Crippen MR) is 89.3 cm³/mol. The molecule has 140 valence electrons. The van der Waals surface area contributed by atoms with Crippen LogP contribution in [0.4, 0.5) is 4.79 Å². The van der Waals surface area contributed by atoms with Gasteiger partial charge in [0, 0.05) is 19.4 Å². The highest BCUT2D eigenvalue weighted by molar-refractivity contribution is 5.72. The van der Waals surface area contributed by atoms with Gasteiger partial charge >= 0.3 is 18.0 Å². The average Bonchev–Trinajstić information content (AvgIpc) is 2.43. The zero-order valence-electron chi connectivity index (χ0n) is 15.3. The minimum atomic E-state index is -0.923. The van der Waals surface area contributed by atoms with Crippen molar-refractivity contribution >= 4 is 18.0 Å². The lowest BCUT2D eigenvalue weighted by molar-refractivity contribution is -0.172. The van der Waals surface area contributed by atoms with Crippen molar-refractivity contribution in [2.24, 2.45) is 17.8 Å². The van der Waals surface area contributed by atoms with Gasteiger partial charge in [-0.05, 0) is 24.7 Å². The first kappa shape index (κ1) is 22.2. The summed E-state index contributed by atoms with van der Waals surface area (Å²) in [5.41, 5.74) is 0. The largest absolute Gasteiger partial charge is 0.481 e. The molecule has 1 unspecified atom stereocenters. The van der Waals surface area contributed by atoms with Crippen LogP contribution in [0.1, 0.15) is 60.3 Å². The first-order chi connectivity index (χ1) is 11.1. The maximum atomic E-state index is 11.9. The Hall–Kier alpha value is -1.79. The summed E-state index contributed by atoms with van der Waals surface area (Å²) in [6.45, 7) is 9.50. The summed E-state index contributed by atoms with van der Waals surface area (Å²) >= 11 is 0. The van der Waals surface area contributed by atoms with Crippen LogP contribution in [0.25, 0.3) is 0 Å². The van der Waals surface area contributed by atoms with Crippen LogP contribution < -0.4 is 5.32 Å². The summed E-state index contributed by atoms with van der Waals surface area (Å²) in [6.07, 6.45) is 0.151. The number of nitrogens with one attached hydrogen (secondary N) is 1. The normalized spacial score (nSPS) is 13.5. The number of aliphatic carboxylic acids is 1. The van der Waals surface area contributed by atoms with E-state index >= 15 is 0 Å². The van der Waals surface area contributed by atoms with E-state index in [1.165, 1.54) is 0 Å². The zero-order chi connectivity index (χ0) is 18.7. The maximum Gasteiger partial charge on any atom is 0.410 e. The molecule has 0 spiro atoms. The van der Waals surface area contributed by atoms with Gasteiger partial charge in [0.15, 0.2) is 0 Å². The van der Waals surface area contributed by atoms with Crippen LogP contribution in [0.2, 0.25) is 0 Å². The molecule has 0 radical (unpaired) electrons. The molecule has 0 aliphatic rings. The molecule has 0 bridgehead atoms. The van der Waals surface area contributed by atoms with Crippen LogP contribution in [0.3, 0.4) is 0 Å². The third kappa shape index (κ3) is 10.9. The van der Waals surface area contributed by atoms with E-state index in [0.717, 1.165) is 0 Å². The fourth-order valence-electron chi connectivity index (χ4n) is 2.18. The van der Waals surface area contributed by atoms with Gasteiger partial charge in [-0.25, -0.2) is 4.79 Å². The molecule has 2 N–H and O–H groups in total. The van der Waals surface area contributed by atoms with E-state index in [1.54, 1.807) is 13.8 Å². The van der Waals surface area contributed by atoms with E-state index in [0.29, 0.717) is 25.2 Å². The van der Waals surface area contributed by atoms with Crippen molar-refractivity contribution in [1.82, 2.24) is 5.32 Å². The Kier molecular flexibility index (Phi) is 10.8. The Labute approximate surface area is 144 Å². The standard InChI is InChI=1S/C17H31NO6/c1-6-7-15(23-16(21)12(4)5)24-17(22)18-10-13(8-11(2)3)9-14(19)20/h11-13,15H,6-10H2,1-5H3,(H,18,22)(H,19,20)/t13-,15?/m0/s1. The Morgan fingerprint density at radius 1 is 1.08 bits per heavy atom. The zero-order valence-corrected chi connectivity index (χ0v) is 15.3. The maximum absolute atomic E-state index is 11.9. The van der Waals surface area contributed by atoms with E-state index in [-0.39, 0.29) is 24.8 Å². The number of rotatable bonds is 11. The van der Waals surface area contributed by atoms with Gasteiger partial charge in [0.2, 0.25) is 6.29 Å². The number of ether oxygens (including phenoxy) is 2. The Morgan fingerprint density at radius 2 is 1.71 bits per heavy atom. The molecule has 0 aromatic heterocycles. The third-order valence-electron chi connectivity index (χ3n) is 3.28. The van der Waals surface area contributed by atoms with E-state index in [9.17, 15) is 14.4 Å². The summed E-state index contributed by atoms with van der Waals surface area (Å²) in [7, 11) is 0. The molecule has 7 nitrogen and oxygen atoms in total. The molecule has 0 aliphatic carbocycles. The average molecular weight is 345 g/mol. The van der Waals surface area contributed by atoms with Gasteiger partial charge in [-0.15, -0.1) is 0 Å². The molecule has 1 amide bonds. The third-order valence-corrected chi connectivity index (χ3v) is 3.28. The highest BCUT2D eigenvalue weighted by Crippen LogP contribution is 2.15. The number of hydrogen-bond donors (Lipinski definition) is 2. The summed E-state index contributed by atoms with van der Waals surface area (Å²) in [5, 5.41) is 11.5. The molecule has 0 aromatic carbocycles. The van der Waals surface area contributed by atoms with E-state index < -0.39 is 24.3 Å². The molecule has 0 heterocycles. The number of alkyl carbamates (subject to hydrolysis) is 1. The van der Waals surface area contributed by atoms with Crippen molar-refractivity contribution in [2.45, 2.75) is 66.6 Å². The molecule has 0 aromatic rings. The molecule has 0 fully saturated rings. The lowest BCUT2D eigenvalue weighted by Crippen LogP contribution is -2.35. The number of carboxylic acids is 1. The van der Waals surface area contributed by atoms with Gasteiger partial charge in [-0.1, -0.05) is 34.6 Å². The van der Waals surface area contributed by atoms with Crippen LogP contribution in [-0.4, -0.2) is 36.0 Å². The molecule has 0 rings (SSSR count). The predicted octanol–water partition coefficient (Wildman–Crippen LogP) is 3.18. The van der Waals surface area contributed by atoms with E-state index in [4.69, 9.17) is 14.6 Å². The van der Waals surface area contributed by atoms with Crippen LogP contribution in [0, 0.1) is 17.8 Å².